The maximum Gasteiger partial charge on any atom is 0.261 e. The molecule has 0 unspecified atom stereocenters. The van der Waals surface area contributed by atoms with E-state index in [0.29, 0.717) is 18.0 Å². The predicted molar refractivity (Wildman–Crippen MR) is 121 cm³/mol. The SMILES string of the molecule is CCOc1ccc(C=Nc2ccc(S(=O)(=O)Nc3ccc(I)cc3)cc2)cc1. The van der Waals surface area contributed by atoms with E-state index in [2.05, 4.69) is 32.3 Å². The van der Waals surface area contributed by atoms with Gasteiger partial charge in [0.1, 0.15) is 5.75 Å². The molecule has 3 aromatic carbocycles. The van der Waals surface area contributed by atoms with Crippen LogP contribution in [0.25, 0.3) is 0 Å². The summed E-state index contributed by atoms with van der Waals surface area (Å²) in [6.07, 6.45) is 1.73. The summed E-state index contributed by atoms with van der Waals surface area (Å²) in [5.41, 5.74) is 2.13. The minimum Gasteiger partial charge on any atom is -0.494 e. The van der Waals surface area contributed by atoms with E-state index in [1.54, 1.807) is 42.6 Å². The minimum atomic E-state index is -3.64. The topological polar surface area (TPSA) is 67.8 Å². The van der Waals surface area contributed by atoms with Crippen LogP contribution in [0, 0.1) is 3.57 Å². The van der Waals surface area contributed by atoms with E-state index in [-0.39, 0.29) is 4.90 Å². The van der Waals surface area contributed by atoms with Gasteiger partial charge in [0.2, 0.25) is 0 Å². The number of sulfonamides is 1. The molecule has 0 fully saturated rings. The summed E-state index contributed by atoms with van der Waals surface area (Å²) >= 11 is 2.17. The zero-order valence-corrected chi connectivity index (χ0v) is 18.1. The molecule has 0 saturated heterocycles. The van der Waals surface area contributed by atoms with Gasteiger partial charge in [-0.3, -0.25) is 9.71 Å². The van der Waals surface area contributed by atoms with Gasteiger partial charge in [-0.05, 0) is 108 Å². The highest BCUT2D eigenvalue weighted by atomic mass is 127. The molecule has 1 N–H and O–H groups in total. The maximum absolute atomic E-state index is 12.5. The Morgan fingerprint density at radius 1 is 0.964 bits per heavy atom. The Bertz CT molecular complexity index is 1050. The molecule has 0 spiro atoms. The van der Waals surface area contributed by atoms with Crippen molar-refractivity contribution >= 4 is 50.2 Å². The summed E-state index contributed by atoms with van der Waals surface area (Å²) in [6, 6.07) is 21.2. The van der Waals surface area contributed by atoms with Gasteiger partial charge >= 0.3 is 0 Å². The van der Waals surface area contributed by atoms with Gasteiger partial charge in [-0.25, -0.2) is 8.42 Å². The first-order valence-corrected chi connectivity index (χ1v) is 11.2. The lowest BCUT2D eigenvalue weighted by atomic mass is 10.2. The molecular formula is C21H19IN2O3S. The van der Waals surface area contributed by atoms with Gasteiger partial charge in [-0.1, -0.05) is 0 Å². The van der Waals surface area contributed by atoms with Crippen molar-refractivity contribution in [1.29, 1.82) is 0 Å². The molecule has 0 radical (unpaired) electrons. The molecule has 7 heteroatoms. The van der Waals surface area contributed by atoms with Crippen LogP contribution in [0.4, 0.5) is 11.4 Å². The number of anilines is 1. The molecule has 0 aliphatic heterocycles. The Labute approximate surface area is 178 Å². The zero-order chi connectivity index (χ0) is 20.0. The average molecular weight is 506 g/mol. The third-order valence-electron chi connectivity index (χ3n) is 3.80. The zero-order valence-electron chi connectivity index (χ0n) is 15.2. The molecule has 5 nitrogen and oxygen atoms in total. The number of hydrogen-bond acceptors (Lipinski definition) is 4. The Morgan fingerprint density at radius 3 is 2.21 bits per heavy atom. The molecule has 0 amide bonds. The van der Waals surface area contributed by atoms with Gasteiger partial charge in [-0.15, -0.1) is 0 Å². The van der Waals surface area contributed by atoms with Crippen LogP contribution in [0.5, 0.6) is 5.75 Å². The van der Waals surface area contributed by atoms with Crippen molar-refractivity contribution < 1.29 is 13.2 Å². The van der Waals surface area contributed by atoms with E-state index in [1.165, 1.54) is 0 Å². The number of hydrogen-bond donors (Lipinski definition) is 1. The highest BCUT2D eigenvalue weighted by Gasteiger charge is 2.13. The fourth-order valence-corrected chi connectivity index (χ4v) is 3.83. The molecule has 3 rings (SSSR count). The highest BCUT2D eigenvalue weighted by molar-refractivity contribution is 14.1. The minimum absolute atomic E-state index is 0.186. The predicted octanol–water partition coefficient (Wildman–Crippen LogP) is 5.24. The smallest absolute Gasteiger partial charge is 0.261 e. The highest BCUT2D eigenvalue weighted by Crippen LogP contribution is 2.20. The average Bonchev–Trinajstić information content (AvgIpc) is 2.70. The van der Waals surface area contributed by atoms with Crippen molar-refractivity contribution in [3.8, 4) is 5.75 Å². The molecule has 0 aromatic heterocycles. The molecular weight excluding hydrogens is 487 g/mol. The van der Waals surface area contributed by atoms with E-state index < -0.39 is 10.0 Å². The molecule has 0 aliphatic rings. The Hall–Kier alpha value is -2.39. The third kappa shape index (κ3) is 5.56. The van der Waals surface area contributed by atoms with Gasteiger partial charge in [0, 0.05) is 15.5 Å². The van der Waals surface area contributed by atoms with Gasteiger partial charge in [0.15, 0.2) is 0 Å². The second-order valence-corrected chi connectivity index (χ2v) is 8.79. The van der Waals surface area contributed by atoms with E-state index in [4.69, 9.17) is 4.74 Å². The van der Waals surface area contributed by atoms with E-state index in [9.17, 15) is 8.42 Å². The number of nitrogens with zero attached hydrogens (tertiary/aromatic N) is 1. The largest absolute Gasteiger partial charge is 0.494 e. The van der Waals surface area contributed by atoms with Crippen LogP contribution in [0.1, 0.15) is 12.5 Å². The summed E-state index contributed by atoms with van der Waals surface area (Å²) in [7, 11) is -3.64. The third-order valence-corrected chi connectivity index (χ3v) is 5.91. The second-order valence-electron chi connectivity index (χ2n) is 5.87. The van der Waals surface area contributed by atoms with Crippen LogP contribution in [0.2, 0.25) is 0 Å². The molecule has 28 heavy (non-hydrogen) atoms. The summed E-state index contributed by atoms with van der Waals surface area (Å²) in [5.74, 6) is 0.815. The van der Waals surface area contributed by atoms with Gasteiger partial charge in [0.05, 0.1) is 17.2 Å². The van der Waals surface area contributed by atoms with Crippen LogP contribution in [0.15, 0.2) is 82.7 Å². The fraction of sp³-hybridized carbons (Fsp3) is 0.0952. The van der Waals surface area contributed by atoms with Gasteiger partial charge < -0.3 is 4.74 Å². The summed E-state index contributed by atoms with van der Waals surface area (Å²) < 4.78 is 34.0. The molecule has 0 atom stereocenters. The van der Waals surface area contributed by atoms with Gasteiger partial charge in [0.25, 0.3) is 10.0 Å². The van der Waals surface area contributed by atoms with Crippen LogP contribution >= 0.6 is 22.6 Å². The van der Waals surface area contributed by atoms with E-state index >= 15 is 0 Å². The molecule has 0 bridgehead atoms. The van der Waals surface area contributed by atoms with Crippen molar-refractivity contribution in [2.75, 3.05) is 11.3 Å². The first-order valence-electron chi connectivity index (χ1n) is 8.62. The Kier molecular flexibility index (Phi) is 6.69. The summed E-state index contributed by atoms with van der Waals surface area (Å²) in [5, 5.41) is 0. The maximum atomic E-state index is 12.5. The van der Waals surface area contributed by atoms with Crippen molar-refractivity contribution in [1.82, 2.24) is 0 Å². The van der Waals surface area contributed by atoms with Gasteiger partial charge in [-0.2, -0.15) is 0 Å². The lowest BCUT2D eigenvalue weighted by Crippen LogP contribution is -2.12. The number of halogens is 1. The van der Waals surface area contributed by atoms with Crippen molar-refractivity contribution in [3.05, 3.63) is 81.9 Å². The standard InChI is InChI=1S/C21H19IN2O3S/c1-2-27-20-11-3-16(4-12-20)15-23-18-9-13-21(14-10-18)28(25,26)24-19-7-5-17(22)6-8-19/h3-15,24H,2H2,1H3. The van der Waals surface area contributed by atoms with Crippen LogP contribution in [-0.2, 0) is 10.0 Å². The number of nitrogens with one attached hydrogen (secondary N) is 1. The molecule has 0 heterocycles. The summed E-state index contributed by atoms with van der Waals surface area (Å²) in [6.45, 7) is 2.57. The number of ether oxygens (including phenoxy) is 1. The van der Waals surface area contributed by atoms with Crippen molar-refractivity contribution in [2.45, 2.75) is 11.8 Å². The van der Waals surface area contributed by atoms with Crippen LogP contribution in [0.3, 0.4) is 0 Å². The number of aliphatic imine (C=N–C) groups is 1. The molecule has 144 valence electrons. The number of rotatable bonds is 7. The van der Waals surface area contributed by atoms with E-state index in [0.717, 1.165) is 14.9 Å². The Balaban J connectivity index is 1.69. The normalized spacial score (nSPS) is 11.5. The Morgan fingerprint density at radius 2 is 1.61 bits per heavy atom. The lowest BCUT2D eigenvalue weighted by Gasteiger charge is -2.08. The van der Waals surface area contributed by atoms with Crippen molar-refractivity contribution in [2.24, 2.45) is 4.99 Å². The first kappa shape index (κ1) is 20.3. The lowest BCUT2D eigenvalue weighted by molar-refractivity contribution is 0.340. The first-order chi connectivity index (χ1) is 13.5. The van der Waals surface area contributed by atoms with Crippen LogP contribution in [-0.4, -0.2) is 21.2 Å². The number of benzene rings is 3. The summed E-state index contributed by atoms with van der Waals surface area (Å²) in [4.78, 5) is 4.57. The van der Waals surface area contributed by atoms with Crippen molar-refractivity contribution in [3.63, 3.8) is 0 Å². The molecule has 0 saturated carbocycles. The molecule has 0 aliphatic carbocycles. The van der Waals surface area contributed by atoms with Crippen LogP contribution < -0.4 is 9.46 Å². The fourth-order valence-electron chi connectivity index (χ4n) is 2.41. The second kappa shape index (κ2) is 9.20. The monoisotopic (exact) mass is 506 g/mol. The van der Waals surface area contributed by atoms with E-state index in [1.807, 2.05) is 43.3 Å². The molecule has 3 aromatic rings. The quantitative estimate of drug-likeness (QED) is 0.352.